The first-order chi connectivity index (χ1) is 13.2. The van der Waals surface area contributed by atoms with Crippen molar-refractivity contribution >= 4 is 0 Å². The van der Waals surface area contributed by atoms with Crippen LogP contribution in [0.5, 0.6) is 11.5 Å². The lowest BCUT2D eigenvalue weighted by atomic mass is 9.39. The van der Waals surface area contributed by atoms with E-state index < -0.39 is 0 Å². The van der Waals surface area contributed by atoms with E-state index in [4.69, 9.17) is 9.47 Å². The number of phenolic OH excluding ortho intramolecular Hbond substituents is 1. The Hall–Kier alpha value is -1.26. The van der Waals surface area contributed by atoms with Gasteiger partial charge in [0.1, 0.15) is 6.10 Å². The van der Waals surface area contributed by atoms with Crippen LogP contribution in [0.4, 0.5) is 0 Å². The molecule has 2 spiro atoms. The maximum atomic E-state index is 10.5. The Labute approximate surface area is 162 Å². The molecule has 5 atom stereocenters. The van der Waals surface area contributed by atoms with Crippen molar-refractivity contribution in [3.8, 4) is 11.5 Å². The number of ether oxygens (including phenoxy) is 2. The average molecular weight is 372 g/mol. The number of piperidine rings is 1. The second kappa shape index (κ2) is 6.38. The Morgan fingerprint density at radius 3 is 3.00 bits per heavy atom. The summed E-state index contributed by atoms with van der Waals surface area (Å²) in [5.74, 6) is 2.27. The lowest BCUT2D eigenvalue weighted by Gasteiger charge is -2.67. The maximum absolute atomic E-state index is 10.5. The van der Waals surface area contributed by atoms with Gasteiger partial charge in [0.2, 0.25) is 0 Å². The first-order valence-corrected chi connectivity index (χ1v) is 11.0. The van der Waals surface area contributed by atoms with Crippen molar-refractivity contribution < 1.29 is 14.6 Å². The molecule has 148 valence electrons. The summed E-state index contributed by atoms with van der Waals surface area (Å²) in [5, 5.41) is 10.5. The smallest absolute Gasteiger partial charge is 0.165 e. The van der Waals surface area contributed by atoms with Gasteiger partial charge in [-0.15, -0.1) is 0 Å². The van der Waals surface area contributed by atoms with Gasteiger partial charge in [-0.25, -0.2) is 0 Å². The number of aromatic hydroxyl groups is 1. The lowest BCUT2D eigenvalue weighted by Crippen LogP contribution is -2.72. The molecule has 0 radical (unpaired) electrons. The molecule has 3 saturated carbocycles. The molecular weight excluding hydrogens is 338 g/mol. The van der Waals surface area contributed by atoms with Gasteiger partial charge in [-0.1, -0.05) is 19.1 Å². The number of rotatable bonds is 5. The number of phenols is 1. The van der Waals surface area contributed by atoms with Crippen molar-refractivity contribution in [2.75, 3.05) is 32.8 Å². The molecule has 1 N–H and O–H groups in total. The summed E-state index contributed by atoms with van der Waals surface area (Å²) in [7, 11) is 0. The third-order valence-corrected chi connectivity index (χ3v) is 8.24. The highest BCUT2D eigenvalue weighted by molar-refractivity contribution is 5.56. The predicted molar refractivity (Wildman–Crippen MR) is 105 cm³/mol. The molecule has 4 fully saturated rings. The van der Waals surface area contributed by atoms with E-state index in [0.717, 1.165) is 38.5 Å². The standard InChI is InChI=1S/C23H33NO3/c1-3-11-24-12-10-23-18-6-5-7-19(25)20(18)27-21(23)16-8-9-22(23,15-24)17(13-16)14-26-4-2/h5-7,16-17,21,25H,3-4,8-15H2,1-2H3. The monoisotopic (exact) mass is 371 g/mol. The second-order valence-electron chi connectivity index (χ2n) is 9.24. The molecule has 4 heteroatoms. The highest BCUT2D eigenvalue weighted by Gasteiger charge is 2.72. The van der Waals surface area contributed by atoms with E-state index in [0.29, 0.717) is 17.6 Å². The van der Waals surface area contributed by atoms with Gasteiger partial charge >= 0.3 is 0 Å². The van der Waals surface area contributed by atoms with E-state index in [1.54, 1.807) is 6.07 Å². The molecule has 1 aromatic carbocycles. The Morgan fingerprint density at radius 2 is 2.19 bits per heavy atom. The maximum Gasteiger partial charge on any atom is 0.165 e. The molecule has 0 amide bonds. The van der Waals surface area contributed by atoms with Crippen LogP contribution in [0.3, 0.4) is 0 Å². The summed E-state index contributed by atoms with van der Waals surface area (Å²) in [5.41, 5.74) is 1.54. The summed E-state index contributed by atoms with van der Waals surface area (Å²) < 4.78 is 12.6. The summed E-state index contributed by atoms with van der Waals surface area (Å²) >= 11 is 0. The zero-order valence-electron chi connectivity index (χ0n) is 16.7. The van der Waals surface area contributed by atoms with Gasteiger partial charge in [0.15, 0.2) is 11.5 Å². The summed E-state index contributed by atoms with van der Waals surface area (Å²) in [6, 6.07) is 6.04. The van der Waals surface area contributed by atoms with E-state index in [9.17, 15) is 5.11 Å². The Kier molecular flexibility index (Phi) is 4.21. The molecule has 2 heterocycles. The molecule has 27 heavy (non-hydrogen) atoms. The van der Waals surface area contributed by atoms with E-state index in [1.807, 2.05) is 6.07 Å². The average Bonchev–Trinajstić information content (AvgIpc) is 3.04. The van der Waals surface area contributed by atoms with Gasteiger partial charge in [0, 0.05) is 36.2 Å². The van der Waals surface area contributed by atoms with Crippen LogP contribution in [0, 0.1) is 17.3 Å². The Morgan fingerprint density at radius 1 is 1.30 bits per heavy atom. The minimum absolute atomic E-state index is 0.0499. The number of likely N-dealkylation sites (tertiary alicyclic amines) is 1. The van der Waals surface area contributed by atoms with Gasteiger partial charge in [-0.2, -0.15) is 0 Å². The van der Waals surface area contributed by atoms with Crippen molar-refractivity contribution in [1.82, 2.24) is 4.90 Å². The van der Waals surface area contributed by atoms with Gasteiger partial charge < -0.3 is 19.5 Å². The molecule has 5 aliphatic rings. The largest absolute Gasteiger partial charge is 0.504 e. The van der Waals surface area contributed by atoms with Crippen molar-refractivity contribution in [2.24, 2.45) is 17.3 Å². The zero-order chi connectivity index (χ0) is 18.6. The van der Waals surface area contributed by atoms with Gasteiger partial charge in [0.05, 0.1) is 0 Å². The first kappa shape index (κ1) is 17.8. The van der Waals surface area contributed by atoms with E-state index >= 15 is 0 Å². The van der Waals surface area contributed by atoms with Crippen LogP contribution < -0.4 is 4.74 Å². The molecule has 4 nitrogen and oxygen atoms in total. The van der Waals surface area contributed by atoms with Crippen molar-refractivity contribution in [2.45, 2.75) is 57.5 Å². The Bertz CT molecular complexity index is 722. The number of benzene rings is 1. The molecule has 1 aromatic rings. The Balaban J connectivity index is 1.65. The summed E-state index contributed by atoms with van der Waals surface area (Å²) in [6.07, 6.45) is 6.32. The normalized spacial score (nSPS) is 39.6. The van der Waals surface area contributed by atoms with Crippen LogP contribution in [0.25, 0.3) is 0 Å². The molecule has 1 saturated heterocycles. The number of fused-ring (bicyclic) bond motifs is 3. The molecule has 5 unspecified atom stereocenters. The zero-order valence-corrected chi connectivity index (χ0v) is 16.7. The molecular formula is C23H33NO3. The van der Waals surface area contributed by atoms with E-state index in [1.165, 1.54) is 37.8 Å². The molecule has 0 aromatic heterocycles. The van der Waals surface area contributed by atoms with Crippen molar-refractivity contribution in [1.29, 1.82) is 0 Å². The van der Waals surface area contributed by atoms with E-state index in [-0.39, 0.29) is 16.9 Å². The first-order valence-electron chi connectivity index (χ1n) is 11.0. The minimum atomic E-state index is 0.0499. The summed E-state index contributed by atoms with van der Waals surface area (Å²) in [4.78, 5) is 2.69. The third kappa shape index (κ3) is 2.23. The second-order valence-corrected chi connectivity index (χ2v) is 9.24. The highest BCUT2D eigenvalue weighted by atomic mass is 16.5. The number of para-hydroxylation sites is 1. The van der Waals surface area contributed by atoms with Crippen LogP contribution in [-0.4, -0.2) is 49.0 Å². The van der Waals surface area contributed by atoms with Crippen molar-refractivity contribution in [3.05, 3.63) is 23.8 Å². The molecule has 6 rings (SSSR count). The van der Waals surface area contributed by atoms with Crippen LogP contribution in [0.1, 0.15) is 51.5 Å². The lowest BCUT2D eigenvalue weighted by molar-refractivity contribution is -0.189. The van der Waals surface area contributed by atoms with Crippen molar-refractivity contribution in [3.63, 3.8) is 0 Å². The van der Waals surface area contributed by atoms with Gasteiger partial charge in [-0.3, -0.25) is 0 Å². The van der Waals surface area contributed by atoms with Gasteiger partial charge in [0.25, 0.3) is 0 Å². The van der Waals surface area contributed by atoms with Crippen LogP contribution in [0.2, 0.25) is 0 Å². The van der Waals surface area contributed by atoms with E-state index in [2.05, 4.69) is 24.8 Å². The fourth-order valence-corrected chi connectivity index (χ4v) is 7.33. The number of hydrogen-bond acceptors (Lipinski definition) is 4. The fourth-order valence-electron chi connectivity index (χ4n) is 7.33. The fraction of sp³-hybridized carbons (Fsp3) is 0.739. The topological polar surface area (TPSA) is 41.9 Å². The molecule has 3 aliphatic carbocycles. The van der Waals surface area contributed by atoms with Crippen LogP contribution in [0.15, 0.2) is 18.2 Å². The molecule has 2 bridgehead atoms. The third-order valence-electron chi connectivity index (χ3n) is 8.24. The minimum Gasteiger partial charge on any atom is -0.504 e. The molecule has 2 aliphatic heterocycles. The number of hydrogen-bond donors (Lipinski definition) is 1. The quantitative estimate of drug-likeness (QED) is 0.851. The highest BCUT2D eigenvalue weighted by Crippen LogP contribution is 2.71. The van der Waals surface area contributed by atoms with Crippen LogP contribution in [-0.2, 0) is 10.2 Å². The van der Waals surface area contributed by atoms with Crippen LogP contribution >= 0.6 is 0 Å². The summed E-state index contributed by atoms with van der Waals surface area (Å²) in [6.45, 7) is 9.52. The van der Waals surface area contributed by atoms with Gasteiger partial charge in [-0.05, 0) is 70.0 Å². The SMILES string of the molecule is CCCN1CCC23c4cccc(O)c4OC2C2CCC3(C1)C(COCC)C2. The number of nitrogens with zero attached hydrogens (tertiary/aromatic N) is 1. The predicted octanol–water partition coefficient (Wildman–Crippen LogP) is 3.96.